The zero-order valence-electron chi connectivity index (χ0n) is 15.1. The van der Waals surface area contributed by atoms with Gasteiger partial charge >= 0.3 is 6.18 Å². The Labute approximate surface area is 169 Å². The Hall–Kier alpha value is -3.06. The van der Waals surface area contributed by atoms with Crippen molar-refractivity contribution in [1.82, 2.24) is 5.32 Å². The van der Waals surface area contributed by atoms with Crippen molar-refractivity contribution in [3.8, 4) is 11.5 Å². The first-order valence-corrected chi connectivity index (χ1v) is 8.89. The molecular weight excluding hydrogens is 407 g/mol. The van der Waals surface area contributed by atoms with E-state index in [0.29, 0.717) is 22.4 Å². The highest BCUT2D eigenvalue weighted by Crippen LogP contribution is 2.35. The van der Waals surface area contributed by atoms with Gasteiger partial charge in [0.25, 0.3) is 5.91 Å². The Morgan fingerprint density at radius 1 is 1.14 bits per heavy atom. The molecule has 2 aromatic carbocycles. The lowest BCUT2D eigenvalue weighted by Gasteiger charge is -2.16. The van der Waals surface area contributed by atoms with Gasteiger partial charge in [-0.2, -0.15) is 13.2 Å². The average molecular weight is 422 g/mol. The lowest BCUT2D eigenvalue weighted by Crippen LogP contribution is -2.24. The van der Waals surface area contributed by atoms with Gasteiger partial charge in [-0.3, -0.25) is 9.59 Å². The minimum absolute atomic E-state index is 0.0624. The molecule has 0 aromatic heterocycles. The Bertz CT molecular complexity index is 1040. The summed E-state index contributed by atoms with van der Waals surface area (Å²) in [6.07, 6.45) is -0.151. The van der Waals surface area contributed by atoms with Crippen molar-refractivity contribution in [3.05, 3.63) is 82.0 Å². The fourth-order valence-electron chi connectivity index (χ4n) is 2.68. The van der Waals surface area contributed by atoms with Gasteiger partial charge in [-0.05, 0) is 55.0 Å². The largest absolute Gasteiger partial charge is 0.456 e. The molecule has 0 atom stereocenters. The normalized spacial score (nSPS) is 13.8. The van der Waals surface area contributed by atoms with E-state index in [4.69, 9.17) is 16.3 Å². The van der Waals surface area contributed by atoms with Gasteiger partial charge in [-0.25, -0.2) is 0 Å². The van der Waals surface area contributed by atoms with Crippen LogP contribution in [0.2, 0.25) is 5.02 Å². The number of benzene rings is 2. The van der Waals surface area contributed by atoms with Crippen LogP contribution in [0.25, 0.3) is 0 Å². The molecule has 150 valence electrons. The van der Waals surface area contributed by atoms with Crippen LogP contribution in [0, 0.1) is 6.92 Å². The van der Waals surface area contributed by atoms with E-state index < -0.39 is 17.6 Å². The molecule has 2 aromatic rings. The van der Waals surface area contributed by atoms with Gasteiger partial charge in [0.2, 0.25) is 0 Å². The topological polar surface area (TPSA) is 55.4 Å². The van der Waals surface area contributed by atoms with Crippen LogP contribution in [0.15, 0.2) is 60.3 Å². The van der Waals surface area contributed by atoms with Gasteiger partial charge in [0, 0.05) is 23.2 Å². The van der Waals surface area contributed by atoms with Crippen LogP contribution in [0.3, 0.4) is 0 Å². The first kappa shape index (κ1) is 20.7. The number of carbonyl (C=O) groups is 2. The van der Waals surface area contributed by atoms with E-state index in [9.17, 15) is 22.8 Å². The van der Waals surface area contributed by atoms with Crippen molar-refractivity contribution in [1.29, 1.82) is 0 Å². The van der Waals surface area contributed by atoms with E-state index in [1.54, 1.807) is 31.2 Å². The summed E-state index contributed by atoms with van der Waals surface area (Å²) in [4.78, 5) is 24.2. The van der Waals surface area contributed by atoms with Crippen molar-refractivity contribution in [3.63, 3.8) is 0 Å². The third-order valence-corrected chi connectivity index (χ3v) is 4.33. The summed E-state index contributed by atoms with van der Waals surface area (Å²) in [7, 11) is 0. The molecule has 0 aliphatic heterocycles. The molecule has 4 nitrogen and oxygen atoms in total. The molecule has 1 aliphatic carbocycles. The minimum atomic E-state index is -4.64. The monoisotopic (exact) mass is 421 g/mol. The second kappa shape index (κ2) is 8.13. The lowest BCUT2D eigenvalue weighted by molar-refractivity contribution is -0.137. The smallest absolute Gasteiger partial charge is 0.416 e. The number of hydrogen-bond acceptors (Lipinski definition) is 3. The molecule has 0 heterocycles. The molecular formula is C21H15ClF3NO3. The number of carbonyl (C=O) groups excluding carboxylic acids is 2. The van der Waals surface area contributed by atoms with Gasteiger partial charge in [0.05, 0.1) is 11.1 Å². The number of alkyl halides is 3. The molecule has 0 unspecified atom stereocenters. The van der Waals surface area contributed by atoms with Gasteiger partial charge < -0.3 is 10.1 Å². The van der Waals surface area contributed by atoms with Crippen LogP contribution >= 0.6 is 11.6 Å². The van der Waals surface area contributed by atoms with Gasteiger partial charge in [0.15, 0.2) is 5.78 Å². The van der Waals surface area contributed by atoms with Crippen LogP contribution in [-0.2, 0) is 11.0 Å². The van der Waals surface area contributed by atoms with Gasteiger partial charge in [-0.1, -0.05) is 17.7 Å². The number of allylic oxidation sites excluding steroid dienone is 3. The Kier molecular flexibility index (Phi) is 5.79. The number of ether oxygens (including phenoxy) is 1. The fourth-order valence-corrected chi connectivity index (χ4v) is 2.90. The SMILES string of the molecule is Cc1cc(Cl)ccc1Oc1ccc(C(F)(F)F)cc1C(=O)NC1=CC(=O)CC=C1. The molecule has 29 heavy (non-hydrogen) atoms. The number of aryl methyl sites for hydroxylation is 1. The molecule has 8 heteroatoms. The first-order chi connectivity index (χ1) is 13.6. The van der Waals surface area contributed by atoms with E-state index in [0.717, 1.165) is 12.1 Å². The maximum atomic E-state index is 13.2. The summed E-state index contributed by atoms with van der Waals surface area (Å²) in [6, 6.07) is 7.39. The Morgan fingerprint density at radius 3 is 2.52 bits per heavy atom. The highest BCUT2D eigenvalue weighted by Gasteiger charge is 2.32. The zero-order chi connectivity index (χ0) is 21.2. The Balaban J connectivity index is 1.98. The standard InChI is InChI=1S/C21H15ClF3NO3/c1-12-9-14(22)6-8-18(12)29-19-7-5-13(21(23,24)25)10-17(19)20(28)26-15-3-2-4-16(27)11-15/h2-3,5-11H,4H2,1H3,(H,26,28). The molecule has 0 saturated heterocycles. The fraction of sp³-hybridized carbons (Fsp3) is 0.143. The number of ketones is 1. The molecule has 1 amide bonds. The summed E-state index contributed by atoms with van der Waals surface area (Å²) >= 11 is 5.91. The van der Waals surface area contributed by atoms with Crippen LogP contribution in [0.5, 0.6) is 11.5 Å². The van der Waals surface area contributed by atoms with Crippen molar-refractivity contribution in [2.45, 2.75) is 19.5 Å². The molecule has 0 saturated carbocycles. The van der Waals surface area contributed by atoms with Crippen LogP contribution < -0.4 is 10.1 Å². The van der Waals surface area contributed by atoms with E-state index in [2.05, 4.69) is 5.32 Å². The molecule has 0 fully saturated rings. The predicted molar refractivity (Wildman–Crippen MR) is 102 cm³/mol. The van der Waals surface area contributed by atoms with E-state index in [1.807, 2.05) is 0 Å². The molecule has 1 aliphatic rings. The van der Waals surface area contributed by atoms with Gasteiger partial charge in [0.1, 0.15) is 11.5 Å². The second-order valence-electron chi connectivity index (χ2n) is 6.35. The number of rotatable bonds is 4. The highest BCUT2D eigenvalue weighted by atomic mass is 35.5. The molecule has 0 spiro atoms. The number of nitrogens with one attached hydrogen (secondary N) is 1. The summed E-state index contributed by atoms with van der Waals surface area (Å²) in [6.45, 7) is 1.72. The third kappa shape index (κ3) is 5.06. The third-order valence-electron chi connectivity index (χ3n) is 4.10. The zero-order valence-corrected chi connectivity index (χ0v) is 15.9. The average Bonchev–Trinajstić information content (AvgIpc) is 2.63. The minimum Gasteiger partial charge on any atom is -0.456 e. The van der Waals surface area contributed by atoms with E-state index >= 15 is 0 Å². The highest BCUT2D eigenvalue weighted by molar-refractivity contribution is 6.30. The maximum absolute atomic E-state index is 13.2. The molecule has 3 rings (SSSR count). The maximum Gasteiger partial charge on any atom is 0.416 e. The van der Waals surface area contributed by atoms with Gasteiger partial charge in [-0.15, -0.1) is 0 Å². The summed E-state index contributed by atoms with van der Waals surface area (Å²) in [5.41, 5.74) is -0.474. The van der Waals surface area contributed by atoms with Crippen molar-refractivity contribution >= 4 is 23.3 Å². The quantitative estimate of drug-likeness (QED) is 0.698. The number of hydrogen-bond donors (Lipinski definition) is 1. The predicted octanol–water partition coefficient (Wildman–Crippen LogP) is 5.60. The molecule has 0 radical (unpaired) electrons. The van der Waals surface area contributed by atoms with Crippen molar-refractivity contribution < 1.29 is 27.5 Å². The van der Waals surface area contributed by atoms with Crippen LogP contribution in [0.4, 0.5) is 13.2 Å². The summed E-state index contributed by atoms with van der Waals surface area (Å²) < 4.78 is 45.2. The summed E-state index contributed by atoms with van der Waals surface area (Å²) in [5.74, 6) is -0.772. The van der Waals surface area contributed by atoms with Crippen molar-refractivity contribution in [2.24, 2.45) is 0 Å². The molecule has 1 N–H and O–H groups in total. The van der Waals surface area contributed by atoms with Crippen LogP contribution in [-0.4, -0.2) is 11.7 Å². The van der Waals surface area contributed by atoms with Crippen molar-refractivity contribution in [2.75, 3.05) is 0 Å². The molecule has 0 bridgehead atoms. The Morgan fingerprint density at radius 2 is 1.86 bits per heavy atom. The number of amides is 1. The summed E-state index contributed by atoms with van der Waals surface area (Å²) in [5, 5.41) is 2.91. The lowest BCUT2D eigenvalue weighted by atomic mass is 10.1. The van der Waals surface area contributed by atoms with E-state index in [1.165, 1.54) is 12.2 Å². The van der Waals surface area contributed by atoms with Crippen LogP contribution in [0.1, 0.15) is 27.9 Å². The number of halogens is 4. The first-order valence-electron chi connectivity index (χ1n) is 8.51. The second-order valence-corrected chi connectivity index (χ2v) is 6.78. The van der Waals surface area contributed by atoms with E-state index in [-0.39, 0.29) is 29.2 Å².